The lowest BCUT2D eigenvalue weighted by atomic mass is 9.93. The van der Waals surface area contributed by atoms with Crippen LogP contribution in [0.25, 0.3) is 0 Å². The molecule has 2 aliphatic rings. The topological polar surface area (TPSA) is 40.5 Å². The van der Waals surface area contributed by atoms with E-state index >= 15 is 0 Å². The number of nitrogens with zero attached hydrogens (tertiary/aromatic N) is 1. The first-order valence-electron chi connectivity index (χ1n) is 4.67. The zero-order valence-electron chi connectivity index (χ0n) is 7.96. The normalized spacial score (nSPS) is 27.4. The predicted molar refractivity (Wildman–Crippen MR) is 44.9 cm³/mol. The van der Waals surface area contributed by atoms with Gasteiger partial charge >= 0.3 is 0 Å². The largest absolute Gasteiger partial charge is 0.386 e. The van der Waals surface area contributed by atoms with E-state index in [1.165, 1.54) is 4.90 Å². The molecule has 0 aromatic heterocycles. The van der Waals surface area contributed by atoms with Crippen molar-refractivity contribution in [2.45, 2.75) is 31.8 Å². The Labute approximate surface area is 80.7 Å². The van der Waals surface area contributed by atoms with Crippen LogP contribution < -0.4 is 0 Å². The fourth-order valence-electron chi connectivity index (χ4n) is 1.89. The minimum absolute atomic E-state index is 0.181. The molecule has 2 fully saturated rings. The third-order valence-corrected chi connectivity index (χ3v) is 2.98. The Morgan fingerprint density at radius 3 is 2.21 bits per heavy atom. The van der Waals surface area contributed by atoms with Gasteiger partial charge in [0.1, 0.15) is 5.41 Å². The van der Waals surface area contributed by atoms with Gasteiger partial charge in [-0.05, 0) is 19.8 Å². The summed E-state index contributed by atoms with van der Waals surface area (Å²) in [5.74, 6) is -0.487. The van der Waals surface area contributed by atoms with Crippen LogP contribution >= 0.6 is 0 Å². The molecule has 1 N–H and O–H groups in total. The van der Waals surface area contributed by atoms with Gasteiger partial charge < -0.3 is 10.0 Å². The number of amides is 1. The van der Waals surface area contributed by atoms with Gasteiger partial charge in [-0.15, -0.1) is 0 Å². The van der Waals surface area contributed by atoms with Gasteiger partial charge in [0.25, 0.3) is 6.43 Å². The molecule has 5 heteroatoms. The fourth-order valence-corrected chi connectivity index (χ4v) is 1.89. The summed E-state index contributed by atoms with van der Waals surface area (Å²) in [7, 11) is 0. The molecule has 1 aliphatic carbocycles. The van der Waals surface area contributed by atoms with Crippen molar-refractivity contribution >= 4 is 5.91 Å². The molecule has 1 amide bonds. The molecule has 0 bridgehead atoms. The Hall–Kier alpha value is -0.710. The first kappa shape index (κ1) is 9.83. The lowest BCUT2D eigenvalue weighted by molar-refractivity contribution is -0.163. The van der Waals surface area contributed by atoms with Crippen LogP contribution in [-0.4, -0.2) is 41.0 Å². The van der Waals surface area contributed by atoms with Crippen molar-refractivity contribution in [1.82, 2.24) is 4.90 Å². The van der Waals surface area contributed by atoms with Crippen LogP contribution in [0.15, 0.2) is 0 Å². The van der Waals surface area contributed by atoms with Gasteiger partial charge in [0.2, 0.25) is 5.91 Å². The van der Waals surface area contributed by atoms with Crippen LogP contribution in [0.2, 0.25) is 0 Å². The van der Waals surface area contributed by atoms with Gasteiger partial charge in [0, 0.05) is 0 Å². The second-order valence-electron chi connectivity index (χ2n) is 4.61. The summed E-state index contributed by atoms with van der Waals surface area (Å²) >= 11 is 0. The van der Waals surface area contributed by atoms with E-state index in [0.717, 1.165) is 0 Å². The lowest BCUT2D eigenvalue weighted by Gasteiger charge is -2.45. The average molecular weight is 205 g/mol. The van der Waals surface area contributed by atoms with Crippen LogP contribution in [0.4, 0.5) is 8.78 Å². The van der Waals surface area contributed by atoms with Gasteiger partial charge in [-0.1, -0.05) is 0 Å². The summed E-state index contributed by atoms with van der Waals surface area (Å²) in [6, 6.07) is 0. The number of likely N-dealkylation sites (tertiary alicyclic amines) is 1. The van der Waals surface area contributed by atoms with Crippen LogP contribution in [0.5, 0.6) is 0 Å². The minimum Gasteiger partial charge on any atom is -0.386 e. The maximum atomic E-state index is 12.5. The molecule has 14 heavy (non-hydrogen) atoms. The van der Waals surface area contributed by atoms with Crippen LogP contribution in [0, 0.1) is 5.41 Å². The van der Waals surface area contributed by atoms with Gasteiger partial charge in [0.15, 0.2) is 0 Å². The Morgan fingerprint density at radius 1 is 1.43 bits per heavy atom. The Bertz CT molecular complexity index is 266. The van der Waals surface area contributed by atoms with Crippen molar-refractivity contribution in [3.8, 4) is 0 Å². The van der Waals surface area contributed by atoms with E-state index in [0.29, 0.717) is 0 Å². The molecule has 1 heterocycles. The number of rotatable bonds is 2. The summed E-state index contributed by atoms with van der Waals surface area (Å²) in [6.07, 6.45) is -2.01. The van der Waals surface area contributed by atoms with Crippen LogP contribution in [0.1, 0.15) is 19.8 Å². The summed E-state index contributed by atoms with van der Waals surface area (Å²) < 4.78 is 25.1. The predicted octanol–water partition coefficient (Wildman–Crippen LogP) is 0.625. The SMILES string of the molecule is CC1(O)CN(C(=O)C2(C(F)F)CC2)C1. The second-order valence-corrected chi connectivity index (χ2v) is 4.61. The number of halogens is 2. The number of aliphatic hydroxyl groups is 1. The summed E-state index contributed by atoms with van der Waals surface area (Å²) in [6.45, 7) is 1.96. The summed E-state index contributed by atoms with van der Waals surface area (Å²) in [5.41, 5.74) is -2.29. The number of alkyl halides is 2. The summed E-state index contributed by atoms with van der Waals surface area (Å²) in [4.78, 5) is 12.9. The summed E-state index contributed by atoms with van der Waals surface area (Å²) in [5, 5.41) is 9.38. The Morgan fingerprint density at radius 2 is 1.93 bits per heavy atom. The molecule has 1 aliphatic heterocycles. The van der Waals surface area contributed by atoms with Crippen molar-refractivity contribution in [3.05, 3.63) is 0 Å². The second kappa shape index (κ2) is 2.66. The van der Waals surface area contributed by atoms with E-state index in [2.05, 4.69) is 0 Å². The molecule has 2 rings (SSSR count). The van der Waals surface area contributed by atoms with E-state index in [1.54, 1.807) is 6.92 Å². The number of β-amino-alcohol motifs (C(OH)–C–C–N with tert-alkyl or cyclic N) is 1. The van der Waals surface area contributed by atoms with Gasteiger partial charge in [0.05, 0.1) is 18.7 Å². The van der Waals surface area contributed by atoms with Crippen molar-refractivity contribution in [2.75, 3.05) is 13.1 Å². The van der Waals surface area contributed by atoms with Crippen molar-refractivity contribution in [3.63, 3.8) is 0 Å². The third-order valence-electron chi connectivity index (χ3n) is 2.98. The first-order valence-corrected chi connectivity index (χ1v) is 4.67. The molecule has 0 aromatic rings. The number of carbonyl (C=O) groups is 1. The molecule has 0 aromatic carbocycles. The van der Waals surface area contributed by atoms with E-state index in [4.69, 9.17) is 0 Å². The molecule has 0 spiro atoms. The molecular weight excluding hydrogens is 192 g/mol. The van der Waals surface area contributed by atoms with Gasteiger partial charge in [-0.3, -0.25) is 4.79 Å². The average Bonchev–Trinajstić information content (AvgIpc) is 2.78. The smallest absolute Gasteiger partial charge is 0.252 e. The monoisotopic (exact) mass is 205 g/mol. The molecule has 3 nitrogen and oxygen atoms in total. The highest BCUT2D eigenvalue weighted by Gasteiger charge is 2.61. The Kier molecular flexibility index (Phi) is 1.86. The van der Waals surface area contributed by atoms with Gasteiger partial charge in [-0.2, -0.15) is 0 Å². The maximum absolute atomic E-state index is 12.5. The van der Waals surface area contributed by atoms with Crippen molar-refractivity contribution < 1.29 is 18.7 Å². The number of hydrogen-bond donors (Lipinski definition) is 1. The fraction of sp³-hybridized carbons (Fsp3) is 0.889. The standard InChI is InChI=1S/C9H13F2NO2/c1-8(14)4-12(5-8)7(13)9(2-3-9)6(10)11/h6,14H,2-5H2,1H3. The molecular formula is C9H13F2NO2. The molecule has 1 saturated heterocycles. The van der Waals surface area contributed by atoms with E-state index in [1.807, 2.05) is 0 Å². The zero-order chi connectivity index (χ0) is 10.6. The number of hydrogen-bond acceptors (Lipinski definition) is 2. The van der Waals surface area contributed by atoms with Crippen LogP contribution in [-0.2, 0) is 4.79 Å². The van der Waals surface area contributed by atoms with Gasteiger partial charge in [-0.25, -0.2) is 8.78 Å². The highest BCUT2D eigenvalue weighted by Crippen LogP contribution is 2.52. The lowest BCUT2D eigenvalue weighted by Crippen LogP contribution is -2.63. The highest BCUT2D eigenvalue weighted by molar-refractivity contribution is 5.86. The highest BCUT2D eigenvalue weighted by atomic mass is 19.3. The van der Waals surface area contributed by atoms with E-state index in [9.17, 15) is 18.7 Å². The zero-order valence-corrected chi connectivity index (χ0v) is 7.96. The quantitative estimate of drug-likeness (QED) is 0.718. The Balaban J connectivity index is 1.98. The number of carbonyl (C=O) groups excluding carboxylic acids is 1. The third kappa shape index (κ3) is 1.30. The molecule has 0 atom stereocenters. The molecule has 80 valence electrons. The van der Waals surface area contributed by atoms with Crippen LogP contribution in [0.3, 0.4) is 0 Å². The maximum Gasteiger partial charge on any atom is 0.252 e. The molecule has 0 unspecified atom stereocenters. The molecule has 1 saturated carbocycles. The van der Waals surface area contributed by atoms with E-state index in [-0.39, 0.29) is 25.9 Å². The molecule has 0 radical (unpaired) electrons. The first-order chi connectivity index (χ1) is 6.37. The van der Waals surface area contributed by atoms with E-state index < -0.39 is 23.3 Å². The van der Waals surface area contributed by atoms with Crippen molar-refractivity contribution in [1.29, 1.82) is 0 Å². The minimum atomic E-state index is -2.57. The van der Waals surface area contributed by atoms with Crippen molar-refractivity contribution in [2.24, 2.45) is 5.41 Å².